The van der Waals surface area contributed by atoms with E-state index in [1.807, 2.05) is 13.1 Å². The highest BCUT2D eigenvalue weighted by molar-refractivity contribution is 5.78. The SMILES string of the molecule is Cc1nc2ncc(-c3ccc4c(c3)CN(c3nc(CN5CC[C@@H](F)C5)nc5c3CC(C)(C)CC5)CCO4)cc2[nH]1. The minimum atomic E-state index is -0.750. The first-order chi connectivity index (χ1) is 19.3. The van der Waals surface area contributed by atoms with Crippen LogP contribution in [0.4, 0.5) is 10.2 Å². The first kappa shape index (κ1) is 25.4. The van der Waals surface area contributed by atoms with Gasteiger partial charge in [0.05, 0.1) is 18.6 Å². The Morgan fingerprint density at radius 1 is 1.12 bits per heavy atom. The number of halogens is 1. The minimum absolute atomic E-state index is 0.202. The van der Waals surface area contributed by atoms with E-state index in [9.17, 15) is 4.39 Å². The Kier molecular flexibility index (Phi) is 6.22. The van der Waals surface area contributed by atoms with Crippen molar-refractivity contribution in [3.63, 3.8) is 0 Å². The zero-order chi connectivity index (χ0) is 27.4. The average Bonchev–Trinajstić information content (AvgIpc) is 3.43. The van der Waals surface area contributed by atoms with Gasteiger partial charge in [0.1, 0.15) is 36.0 Å². The van der Waals surface area contributed by atoms with Crippen molar-refractivity contribution in [1.82, 2.24) is 29.8 Å². The Balaban J connectivity index is 1.24. The molecule has 1 saturated heterocycles. The van der Waals surface area contributed by atoms with Gasteiger partial charge in [0.2, 0.25) is 0 Å². The summed E-state index contributed by atoms with van der Waals surface area (Å²) in [6, 6.07) is 8.49. The molecule has 0 amide bonds. The standard InChI is InChI=1S/C31H36FN7O/c1-19-34-26-13-21(15-33-29(26)35-19)20-4-5-27-22(12-20)16-39(10-11-40-27)30-24-14-31(2,3)8-6-25(24)36-28(37-30)18-38-9-7-23(32)17-38/h4-5,12-13,15,23H,6-11,14,16-18H2,1-3H3,(H,33,34,35)/t23-/m1/s1. The smallest absolute Gasteiger partial charge is 0.177 e. The van der Waals surface area contributed by atoms with Crippen LogP contribution in [0.25, 0.3) is 22.3 Å². The van der Waals surface area contributed by atoms with Crippen molar-refractivity contribution in [3.8, 4) is 16.9 Å². The summed E-state index contributed by atoms with van der Waals surface area (Å²) >= 11 is 0. The second-order valence-electron chi connectivity index (χ2n) is 12.4. The lowest BCUT2D eigenvalue weighted by Crippen LogP contribution is -2.32. The molecule has 1 N–H and O–H groups in total. The van der Waals surface area contributed by atoms with Gasteiger partial charge in [-0.15, -0.1) is 0 Å². The molecule has 0 radical (unpaired) electrons. The van der Waals surface area contributed by atoms with Crippen molar-refractivity contribution in [1.29, 1.82) is 0 Å². The molecular weight excluding hydrogens is 505 g/mol. The Morgan fingerprint density at radius 2 is 2.02 bits per heavy atom. The predicted molar refractivity (Wildman–Crippen MR) is 153 cm³/mol. The summed E-state index contributed by atoms with van der Waals surface area (Å²) in [7, 11) is 0. The molecule has 9 heteroatoms. The van der Waals surface area contributed by atoms with Crippen LogP contribution >= 0.6 is 0 Å². The van der Waals surface area contributed by atoms with Crippen LogP contribution in [0.3, 0.4) is 0 Å². The lowest BCUT2D eigenvalue weighted by molar-refractivity contribution is 0.275. The van der Waals surface area contributed by atoms with Gasteiger partial charge in [0, 0.05) is 48.2 Å². The van der Waals surface area contributed by atoms with Crippen LogP contribution in [0, 0.1) is 12.3 Å². The van der Waals surface area contributed by atoms with Crippen molar-refractivity contribution >= 4 is 17.0 Å². The van der Waals surface area contributed by atoms with E-state index in [0.717, 1.165) is 89.1 Å². The highest BCUT2D eigenvalue weighted by Gasteiger charge is 2.32. The molecular formula is C31H36FN7O. The molecule has 1 aliphatic carbocycles. The van der Waals surface area contributed by atoms with Crippen LogP contribution < -0.4 is 9.64 Å². The fourth-order valence-corrected chi connectivity index (χ4v) is 6.37. The molecule has 208 valence electrons. The third kappa shape index (κ3) is 4.91. The lowest BCUT2D eigenvalue weighted by atomic mass is 9.76. The van der Waals surface area contributed by atoms with Gasteiger partial charge in [0.15, 0.2) is 5.65 Å². The highest BCUT2D eigenvalue weighted by Crippen LogP contribution is 2.39. The number of likely N-dealkylation sites (tertiary alicyclic amines) is 1. The van der Waals surface area contributed by atoms with Crippen molar-refractivity contribution < 1.29 is 9.13 Å². The van der Waals surface area contributed by atoms with E-state index in [0.29, 0.717) is 32.7 Å². The van der Waals surface area contributed by atoms with Crippen LogP contribution in [-0.4, -0.2) is 62.2 Å². The van der Waals surface area contributed by atoms with Crippen LogP contribution in [0.15, 0.2) is 30.5 Å². The normalized spacial score (nSPS) is 20.7. The number of nitrogens with zero attached hydrogens (tertiary/aromatic N) is 6. The summed E-state index contributed by atoms with van der Waals surface area (Å²) < 4.78 is 20.1. The summed E-state index contributed by atoms with van der Waals surface area (Å²) in [6.07, 6.45) is 4.74. The number of nitrogens with one attached hydrogen (secondary N) is 1. The molecule has 5 heterocycles. The summed E-state index contributed by atoms with van der Waals surface area (Å²) in [5.74, 6) is 3.58. The second-order valence-corrected chi connectivity index (χ2v) is 12.4. The van der Waals surface area contributed by atoms with Crippen LogP contribution in [-0.2, 0) is 25.9 Å². The van der Waals surface area contributed by atoms with Gasteiger partial charge in [-0.25, -0.2) is 24.3 Å². The number of rotatable bonds is 4. The van der Waals surface area contributed by atoms with Gasteiger partial charge >= 0.3 is 0 Å². The van der Waals surface area contributed by atoms with Crippen molar-refractivity contribution in [3.05, 3.63) is 58.9 Å². The maximum atomic E-state index is 13.9. The fourth-order valence-electron chi connectivity index (χ4n) is 6.37. The molecule has 4 aromatic rings. The number of pyridine rings is 1. The molecule has 8 nitrogen and oxygen atoms in total. The number of ether oxygens (including phenoxy) is 1. The summed E-state index contributed by atoms with van der Waals surface area (Å²) in [5.41, 5.74) is 7.53. The Morgan fingerprint density at radius 3 is 2.88 bits per heavy atom. The predicted octanol–water partition coefficient (Wildman–Crippen LogP) is 5.18. The molecule has 7 rings (SSSR count). The highest BCUT2D eigenvalue weighted by atomic mass is 19.1. The number of aromatic nitrogens is 5. The van der Waals surface area contributed by atoms with E-state index in [1.165, 1.54) is 5.56 Å². The van der Waals surface area contributed by atoms with Gasteiger partial charge < -0.3 is 14.6 Å². The molecule has 0 unspecified atom stereocenters. The lowest BCUT2D eigenvalue weighted by Gasteiger charge is -2.34. The molecule has 1 aromatic carbocycles. The summed E-state index contributed by atoms with van der Waals surface area (Å²) in [6.45, 7) is 10.4. The number of hydrogen-bond donors (Lipinski definition) is 1. The molecule has 0 spiro atoms. The van der Waals surface area contributed by atoms with E-state index in [4.69, 9.17) is 14.7 Å². The number of aromatic amines is 1. The van der Waals surface area contributed by atoms with Gasteiger partial charge in [-0.1, -0.05) is 19.9 Å². The van der Waals surface area contributed by atoms with E-state index in [2.05, 4.69) is 62.9 Å². The molecule has 3 aromatic heterocycles. The van der Waals surface area contributed by atoms with Crippen LogP contribution in [0.2, 0.25) is 0 Å². The summed E-state index contributed by atoms with van der Waals surface area (Å²) in [4.78, 5) is 27.0. The number of aryl methyl sites for hydroxylation is 2. The van der Waals surface area contributed by atoms with E-state index < -0.39 is 6.17 Å². The van der Waals surface area contributed by atoms with Gasteiger partial charge in [-0.2, -0.15) is 0 Å². The quantitative estimate of drug-likeness (QED) is 0.381. The van der Waals surface area contributed by atoms with Crippen LogP contribution in [0.1, 0.15) is 55.2 Å². The molecule has 3 aliphatic rings. The third-order valence-electron chi connectivity index (χ3n) is 8.52. The molecule has 0 saturated carbocycles. The maximum absolute atomic E-state index is 13.9. The van der Waals surface area contributed by atoms with Crippen molar-refractivity contribution in [2.24, 2.45) is 5.41 Å². The number of hydrogen-bond acceptors (Lipinski definition) is 7. The zero-order valence-corrected chi connectivity index (χ0v) is 23.5. The molecule has 40 heavy (non-hydrogen) atoms. The fraction of sp³-hybridized carbons (Fsp3) is 0.484. The average molecular weight is 542 g/mol. The van der Waals surface area contributed by atoms with Crippen molar-refractivity contribution in [2.75, 3.05) is 31.1 Å². The number of fused-ring (bicyclic) bond motifs is 3. The van der Waals surface area contributed by atoms with E-state index in [-0.39, 0.29) is 5.41 Å². The number of anilines is 1. The maximum Gasteiger partial charge on any atom is 0.177 e. The van der Waals surface area contributed by atoms with Gasteiger partial charge in [-0.05, 0) is 61.8 Å². The molecule has 1 atom stereocenters. The second kappa shape index (κ2) is 9.80. The first-order valence-corrected chi connectivity index (χ1v) is 14.4. The van der Waals surface area contributed by atoms with E-state index in [1.54, 1.807) is 0 Å². The van der Waals surface area contributed by atoms with Crippen molar-refractivity contribution in [2.45, 2.75) is 65.7 Å². The Hall–Kier alpha value is -3.59. The number of benzene rings is 1. The van der Waals surface area contributed by atoms with Gasteiger partial charge in [0.25, 0.3) is 0 Å². The number of H-pyrrole nitrogens is 1. The monoisotopic (exact) mass is 541 g/mol. The Labute approximate surface area is 234 Å². The first-order valence-electron chi connectivity index (χ1n) is 14.4. The largest absolute Gasteiger partial charge is 0.491 e. The molecule has 2 aliphatic heterocycles. The molecule has 1 fully saturated rings. The molecule has 0 bridgehead atoms. The minimum Gasteiger partial charge on any atom is -0.491 e. The Bertz CT molecular complexity index is 1580. The van der Waals surface area contributed by atoms with Crippen LogP contribution in [0.5, 0.6) is 5.75 Å². The number of alkyl halides is 1. The topological polar surface area (TPSA) is 83.1 Å². The van der Waals surface area contributed by atoms with Gasteiger partial charge in [-0.3, -0.25) is 4.90 Å². The third-order valence-corrected chi connectivity index (χ3v) is 8.52. The summed E-state index contributed by atoms with van der Waals surface area (Å²) in [5, 5.41) is 0. The zero-order valence-electron chi connectivity index (χ0n) is 23.5. The van der Waals surface area contributed by atoms with E-state index >= 15 is 0 Å². The number of imidazole rings is 1.